The van der Waals surface area contributed by atoms with Crippen LogP contribution in [0.2, 0.25) is 0 Å². The third-order valence-electron chi connectivity index (χ3n) is 3.65. The Morgan fingerprint density at radius 1 is 1.09 bits per heavy atom. The first-order valence-electron chi connectivity index (χ1n) is 7.02. The van der Waals surface area contributed by atoms with Gasteiger partial charge in [0.2, 0.25) is 0 Å². The van der Waals surface area contributed by atoms with Gasteiger partial charge in [0.1, 0.15) is 18.5 Å². The van der Waals surface area contributed by atoms with E-state index in [1.165, 1.54) is 6.26 Å². The number of benzene rings is 2. The molecule has 2 aromatic carbocycles. The molecule has 0 spiro atoms. The number of aryl methyl sites for hydroxylation is 1. The summed E-state index contributed by atoms with van der Waals surface area (Å²) in [6.45, 7) is 1.51. The normalized spacial score (nSPS) is 10.9. The molecule has 0 radical (unpaired) electrons. The van der Waals surface area contributed by atoms with E-state index in [-0.39, 0.29) is 11.6 Å². The monoisotopic (exact) mass is 310 g/mol. The van der Waals surface area contributed by atoms with E-state index in [1.807, 2.05) is 19.1 Å². The highest BCUT2D eigenvalue weighted by Gasteiger charge is 2.17. The summed E-state index contributed by atoms with van der Waals surface area (Å²) in [5.74, 6) is -0.559. The molecule has 0 aliphatic rings. The minimum absolute atomic E-state index is 0.174. The van der Waals surface area contributed by atoms with Gasteiger partial charge in [-0.05, 0) is 25.1 Å². The maximum atomic E-state index is 12.6. The molecule has 0 amide bonds. The molecule has 0 unspecified atom stereocenters. The van der Waals surface area contributed by atoms with Crippen LogP contribution in [0.5, 0.6) is 0 Å². The molecule has 0 aliphatic heterocycles. The van der Waals surface area contributed by atoms with Crippen molar-refractivity contribution in [2.45, 2.75) is 6.92 Å². The lowest BCUT2D eigenvalue weighted by molar-refractivity contribution is -0.230. The van der Waals surface area contributed by atoms with E-state index >= 15 is 0 Å². The van der Waals surface area contributed by atoms with Crippen LogP contribution in [0.4, 0.5) is 0 Å². The molecule has 1 heterocycles. The van der Waals surface area contributed by atoms with Gasteiger partial charge in [0.25, 0.3) is 0 Å². The topological polar surface area (TPSA) is 76.7 Å². The number of hydrogen-bond donors (Lipinski definition) is 1. The van der Waals surface area contributed by atoms with E-state index in [0.29, 0.717) is 27.7 Å². The predicted octanol–water partition coefficient (Wildman–Crippen LogP) is 3.64. The maximum Gasteiger partial charge on any atom is 0.196 e. The molecule has 0 saturated heterocycles. The van der Waals surface area contributed by atoms with Gasteiger partial charge in [-0.15, -0.1) is 0 Å². The first-order chi connectivity index (χ1) is 11.1. The van der Waals surface area contributed by atoms with Gasteiger partial charge in [-0.25, -0.2) is 4.89 Å². The Morgan fingerprint density at radius 3 is 2.48 bits per heavy atom. The van der Waals surface area contributed by atoms with Gasteiger partial charge in [-0.1, -0.05) is 29.8 Å². The van der Waals surface area contributed by atoms with Gasteiger partial charge < -0.3 is 4.42 Å². The number of carbonyl (C=O) groups excluding carboxylic acids is 2. The van der Waals surface area contributed by atoms with Crippen molar-refractivity contribution in [1.29, 1.82) is 0 Å². The summed E-state index contributed by atoms with van der Waals surface area (Å²) in [7, 11) is 0. The average Bonchev–Trinajstić information content (AvgIpc) is 2.98. The summed E-state index contributed by atoms with van der Waals surface area (Å²) in [4.78, 5) is 28.3. The molecule has 0 bridgehead atoms. The first-order valence-corrected chi connectivity index (χ1v) is 7.02. The number of fused-ring (bicyclic) bond motifs is 1. The van der Waals surface area contributed by atoms with Gasteiger partial charge in [-0.3, -0.25) is 14.8 Å². The molecule has 116 valence electrons. The fourth-order valence-electron chi connectivity index (χ4n) is 2.38. The number of rotatable bonds is 5. The highest BCUT2D eigenvalue weighted by Crippen LogP contribution is 2.25. The van der Waals surface area contributed by atoms with Crippen molar-refractivity contribution in [3.8, 4) is 0 Å². The zero-order valence-corrected chi connectivity index (χ0v) is 12.4. The Hall–Kier alpha value is -2.76. The minimum Gasteiger partial charge on any atom is -0.464 e. The summed E-state index contributed by atoms with van der Waals surface area (Å²) in [5.41, 5.74) is 2.86. The van der Waals surface area contributed by atoms with Crippen molar-refractivity contribution in [3.05, 3.63) is 71.0 Å². The van der Waals surface area contributed by atoms with E-state index in [1.54, 1.807) is 30.3 Å². The van der Waals surface area contributed by atoms with Crippen LogP contribution in [0.3, 0.4) is 0 Å². The van der Waals surface area contributed by atoms with Crippen molar-refractivity contribution in [1.82, 2.24) is 0 Å². The smallest absolute Gasteiger partial charge is 0.196 e. The first kappa shape index (κ1) is 15.1. The van der Waals surface area contributed by atoms with Gasteiger partial charge >= 0.3 is 0 Å². The van der Waals surface area contributed by atoms with Crippen LogP contribution in [0.15, 0.2) is 53.1 Å². The van der Waals surface area contributed by atoms with Crippen molar-refractivity contribution in [3.63, 3.8) is 0 Å². The van der Waals surface area contributed by atoms with Crippen LogP contribution in [0, 0.1) is 6.92 Å². The van der Waals surface area contributed by atoms with Crippen LogP contribution in [-0.4, -0.2) is 23.4 Å². The van der Waals surface area contributed by atoms with Crippen LogP contribution < -0.4 is 0 Å². The Bertz CT molecular complexity index is 874. The Morgan fingerprint density at radius 2 is 1.78 bits per heavy atom. The molecule has 23 heavy (non-hydrogen) atoms. The summed E-state index contributed by atoms with van der Waals surface area (Å²) in [6, 6.07) is 12.0. The highest BCUT2D eigenvalue weighted by molar-refractivity contribution is 6.16. The average molecular weight is 310 g/mol. The van der Waals surface area contributed by atoms with Crippen LogP contribution >= 0.6 is 0 Å². The molecular weight excluding hydrogens is 296 g/mol. The van der Waals surface area contributed by atoms with Crippen molar-refractivity contribution < 1.29 is 24.2 Å². The zero-order chi connectivity index (χ0) is 16.4. The molecule has 0 fully saturated rings. The van der Waals surface area contributed by atoms with Crippen molar-refractivity contribution in [2.24, 2.45) is 0 Å². The van der Waals surface area contributed by atoms with Gasteiger partial charge in [0, 0.05) is 16.5 Å². The Balaban J connectivity index is 2.03. The molecule has 1 N–H and O–H groups in total. The second-order valence-electron chi connectivity index (χ2n) is 5.25. The number of furan rings is 1. The number of hydrogen-bond acceptors (Lipinski definition) is 5. The van der Waals surface area contributed by atoms with Crippen molar-refractivity contribution in [2.75, 3.05) is 6.61 Å². The molecule has 0 aliphatic carbocycles. The molecule has 3 aromatic rings. The molecule has 1 aromatic heterocycles. The van der Waals surface area contributed by atoms with E-state index in [4.69, 9.17) is 9.67 Å². The molecule has 0 saturated carbocycles. The summed E-state index contributed by atoms with van der Waals surface area (Å²) in [6.07, 6.45) is 1.39. The number of Topliss-reactive ketones (excluding diaryl/α,β-unsaturated/α-hetero) is 1. The maximum absolute atomic E-state index is 12.6. The predicted molar refractivity (Wildman–Crippen MR) is 83.7 cm³/mol. The SMILES string of the molecule is Cc1ccc(C(=O)c2coc3ccc(C(=O)COO)cc23)cc1. The molecule has 5 nitrogen and oxygen atoms in total. The second kappa shape index (κ2) is 6.16. The second-order valence-corrected chi connectivity index (χ2v) is 5.25. The van der Waals surface area contributed by atoms with Crippen LogP contribution in [-0.2, 0) is 4.89 Å². The molecule has 3 rings (SSSR count). The summed E-state index contributed by atoms with van der Waals surface area (Å²) in [5, 5.41) is 8.95. The van der Waals surface area contributed by atoms with E-state index < -0.39 is 6.61 Å². The Labute approximate surface area is 132 Å². The lowest BCUT2D eigenvalue weighted by Gasteiger charge is -2.02. The minimum atomic E-state index is -0.440. The lowest BCUT2D eigenvalue weighted by Crippen LogP contribution is -2.07. The third-order valence-corrected chi connectivity index (χ3v) is 3.65. The molecule has 5 heteroatoms. The fraction of sp³-hybridized carbons (Fsp3) is 0.111. The van der Waals surface area contributed by atoms with E-state index in [0.717, 1.165) is 5.56 Å². The third kappa shape index (κ3) is 2.92. The lowest BCUT2D eigenvalue weighted by atomic mass is 10.00. The fourth-order valence-corrected chi connectivity index (χ4v) is 2.38. The zero-order valence-electron chi connectivity index (χ0n) is 12.4. The van der Waals surface area contributed by atoms with Crippen LogP contribution in [0.1, 0.15) is 31.8 Å². The van der Waals surface area contributed by atoms with Crippen LogP contribution in [0.25, 0.3) is 11.0 Å². The van der Waals surface area contributed by atoms with Gasteiger partial charge in [-0.2, -0.15) is 0 Å². The number of carbonyl (C=O) groups is 2. The van der Waals surface area contributed by atoms with E-state index in [9.17, 15) is 9.59 Å². The van der Waals surface area contributed by atoms with E-state index in [2.05, 4.69) is 4.89 Å². The standard InChI is InChI=1S/C18H14O5/c1-11-2-4-12(5-3-11)18(20)15-9-22-17-7-6-13(8-14(15)17)16(19)10-23-21/h2-9,21H,10H2,1H3. The van der Waals surface area contributed by atoms with Crippen molar-refractivity contribution >= 4 is 22.5 Å². The Kier molecular flexibility index (Phi) is 4.06. The number of ketones is 2. The highest BCUT2D eigenvalue weighted by atomic mass is 17.1. The van der Waals surface area contributed by atoms with Gasteiger partial charge in [0.15, 0.2) is 11.6 Å². The molecular formula is C18H14O5. The largest absolute Gasteiger partial charge is 0.464 e. The van der Waals surface area contributed by atoms with Gasteiger partial charge in [0.05, 0.1) is 5.56 Å². The molecule has 0 atom stereocenters. The summed E-state index contributed by atoms with van der Waals surface area (Å²) < 4.78 is 5.40. The summed E-state index contributed by atoms with van der Waals surface area (Å²) >= 11 is 0. The quantitative estimate of drug-likeness (QED) is 0.442.